The average Bonchev–Trinajstić information content (AvgIpc) is 3.41. The van der Waals surface area contributed by atoms with Crippen molar-refractivity contribution in [3.63, 3.8) is 0 Å². The lowest BCUT2D eigenvalue weighted by Gasteiger charge is -2.22. The predicted octanol–water partition coefficient (Wildman–Crippen LogP) is 0.900. The van der Waals surface area contributed by atoms with E-state index >= 15 is 0 Å². The summed E-state index contributed by atoms with van der Waals surface area (Å²) in [5.74, 6) is -2.39. The molecule has 7 N–H and O–H groups in total. The topological polar surface area (TPSA) is 174 Å². The molecule has 3 aromatic rings. The number of benzene rings is 2. The monoisotopic (exact) mass is 538 g/mol. The summed E-state index contributed by atoms with van der Waals surface area (Å²) in [4.78, 5) is 49.6. The van der Waals surface area contributed by atoms with Gasteiger partial charge in [0.1, 0.15) is 23.9 Å². The maximum Gasteiger partial charge on any atom is 0.246 e. The van der Waals surface area contributed by atoms with Crippen LogP contribution >= 0.6 is 11.3 Å². The Bertz CT molecular complexity index is 1250. The van der Waals surface area contributed by atoms with E-state index in [-0.39, 0.29) is 12.8 Å². The minimum absolute atomic E-state index is 0.143. The van der Waals surface area contributed by atoms with Crippen LogP contribution in [0.3, 0.4) is 0 Å². The molecule has 0 aliphatic heterocycles. The van der Waals surface area contributed by atoms with Crippen LogP contribution in [0, 0.1) is 0 Å². The first-order valence-electron chi connectivity index (χ1n) is 11.8. The number of hydrogen-bond acceptors (Lipinski definition) is 7. The van der Waals surface area contributed by atoms with E-state index in [1.54, 1.807) is 19.2 Å². The summed E-state index contributed by atoms with van der Waals surface area (Å²) in [5, 5.41) is 16.6. The van der Waals surface area contributed by atoms with Crippen molar-refractivity contribution >= 4 is 35.0 Å². The van der Waals surface area contributed by atoms with Gasteiger partial charge in [0.25, 0.3) is 0 Å². The van der Waals surface area contributed by atoms with Gasteiger partial charge in [-0.1, -0.05) is 42.5 Å². The number of hydrogen-bond donors (Lipinski definition) is 5. The third-order valence-electron chi connectivity index (χ3n) is 5.82. The standard InChI is InChI=1S/C27H30N4O6S/c1-37-19-10-8-18(9-11-19)17-6-4-16(5-7-17)13-21(25(28)34)31-27(36)22(14-20-3-2-12-38-20)30-24(33)15-23(32)26(29)35/h2-12,21-23,32H,13-15H2,1H3,(H2,28,34)(H2,29,35)(H,30,33)(H,31,36)/t21-,22+,23+/m0/s1. The molecule has 0 radical (unpaired) electrons. The fourth-order valence-electron chi connectivity index (χ4n) is 3.72. The molecular formula is C27H30N4O6S. The maximum atomic E-state index is 13.1. The first-order valence-corrected chi connectivity index (χ1v) is 12.7. The van der Waals surface area contributed by atoms with Crippen LogP contribution in [-0.2, 0) is 32.0 Å². The Morgan fingerprint density at radius 2 is 1.50 bits per heavy atom. The van der Waals surface area contributed by atoms with Gasteiger partial charge in [-0.05, 0) is 40.3 Å². The molecule has 38 heavy (non-hydrogen) atoms. The number of carbonyl (C=O) groups is 4. The summed E-state index contributed by atoms with van der Waals surface area (Å²) in [6.45, 7) is 0. The summed E-state index contributed by atoms with van der Waals surface area (Å²) in [6, 6.07) is 16.6. The van der Waals surface area contributed by atoms with E-state index in [2.05, 4.69) is 10.6 Å². The number of amides is 4. The second-order valence-corrected chi connectivity index (χ2v) is 9.65. The highest BCUT2D eigenvalue weighted by Gasteiger charge is 2.27. The van der Waals surface area contributed by atoms with Crippen molar-refractivity contribution in [3.8, 4) is 16.9 Å². The lowest BCUT2D eigenvalue weighted by Crippen LogP contribution is -2.54. The molecule has 0 unspecified atom stereocenters. The zero-order chi connectivity index (χ0) is 27.7. The minimum atomic E-state index is -1.68. The number of thiophene rings is 1. The third-order valence-corrected chi connectivity index (χ3v) is 6.72. The molecule has 0 aliphatic rings. The van der Waals surface area contributed by atoms with Gasteiger partial charge < -0.3 is 31.9 Å². The summed E-state index contributed by atoms with van der Waals surface area (Å²) < 4.78 is 5.18. The molecule has 1 aromatic heterocycles. The number of carbonyl (C=O) groups excluding carboxylic acids is 4. The Kier molecular flexibility index (Phi) is 9.97. The summed E-state index contributed by atoms with van der Waals surface area (Å²) in [5.41, 5.74) is 13.3. The molecule has 4 amide bonds. The Morgan fingerprint density at radius 1 is 0.868 bits per heavy atom. The number of ether oxygens (including phenoxy) is 1. The van der Waals surface area contributed by atoms with Crippen molar-refractivity contribution in [3.05, 3.63) is 76.5 Å². The van der Waals surface area contributed by atoms with Crippen LogP contribution in [0.5, 0.6) is 5.75 Å². The number of primary amides is 2. The molecule has 200 valence electrons. The van der Waals surface area contributed by atoms with E-state index in [1.807, 2.05) is 53.9 Å². The minimum Gasteiger partial charge on any atom is -0.497 e. The number of aliphatic hydroxyl groups is 1. The molecular weight excluding hydrogens is 508 g/mol. The summed E-state index contributed by atoms with van der Waals surface area (Å²) in [7, 11) is 1.60. The van der Waals surface area contributed by atoms with Gasteiger partial charge in [-0.3, -0.25) is 19.2 Å². The molecule has 11 heteroatoms. The van der Waals surface area contributed by atoms with E-state index < -0.39 is 48.2 Å². The number of nitrogens with two attached hydrogens (primary N) is 2. The smallest absolute Gasteiger partial charge is 0.246 e. The van der Waals surface area contributed by atoms with Crippen LogP contribution in [0.25, 0.3) is 11.1 Å². The Labute approximate surface area is 224 Å². The predicted molar refractivity (Wildman–Crippen MR) is 143 cm³/mol. The van der Waals surface area contributed by atoms with Gasteiger partial charge in [0.15, 0.2) is 0 Å². The largest absolute Gasteiger partial charge is 0.497 e. The van der Waals surface area contributed by atoms with Crippen molar-refractivity contribution in [1.82, 2.24) is 10.6 Å². The first-order chi connectivity index (χ1) is 18.2. The van der Waals surface area contributed by atoms with Gasteiger partial charge in [0.2, 0.25) is 23.6 Å². The lowest BCUT2D eigenvalue weighted by atomic mass is 10.00. The van der Waals surface area contributed by atoms with Crippen molar-refractivity contribution in [1.29, 1.82) is 0 Å². The molecule has 3 rings (SSSR count). The van der Waals surface area contributed by atoms with Gasteiger partial charge >= 0.3 is 0 Å². The van der Waals surface area contributed by atoms with Crippen LogP contribution < -0.4 is 26.8 Å². The van der Waals surface area contributed by atoms with Crippen molar-refractivity contribution in [2.75, 3.05) is 7.11 Å². The second kappa shape index (κ2) is 13.4. The van der Waals surface area contributed by atoms with E-state index in [0.29, 0.717) is 0 Å². The van der Waals surface area contributed by atoms with E-state index in [4.69, 9.17) is 16.2 Å². The molecule has 0 saturated carbocycles. The molecule has 10 nitrogen and oxygen atoms in total. The molecule has 0 bridgehead atoms. The Morgan fingerprint density at radius 3 is 2.03 bits per heavy atom. The third kappa shape index (κ3) is 8.15. The fraction of sp³-hybridized carbons (Fsp3) is 0.259. The highest BCUT2D eigenvalue weighted by Crippen LogP contribution is 2.23. The lowest BCUT2D eigenvalue weighted by molar-refractivity contribution is -0.134. The second-order valence-electron chi connectivity index (χ2n) is 8.62. The number of aliphatic hydroxyl groups excluding tert-OH is 1. The zero-order valence-corrected chi connectivity index (χ0v) is 21.6. The highest BCUT2D eigenvalue weighted by atomic mass is 32.1. The number of nitrogens with one attached hydrogen (secondary N) is 2. The number of rotatable bonds is 13. The first kappa shape index (κ1) is 28.4. The average molecular weight is 539 g/mol. The van der Waals surface area contributed by atoms with E-state index in [1.165, 1.54) is 11.3 Å². The van der Waals surface area contributed by atoms with Gasteiger partial charge in [0, 0.05) is 17.7 Å². The van der Waals surface area contributed by atoms with Gasteiger partial charge in [0.05, 0.1) is 13.5 Å². The molecule has 2 aromatic carbocycles. The quantitative estimate of drug-likeness (QED) is 0.216. The van der Waals surface area contributed by atoms with Crippen molar-refractivity contribution < 1.29 is 29.0 Å². The summed E-state index contributed by atoms with van der Waals surface area (Å²) in [6.07, 6.45) is -1.99. The van der Waals surface area contributed by atoms with E-state index in [0.717, 1.165) is 27.3 Å². The van der Waals surface area contributed by atoms with Crippen molar-refractivity contribution in [2.45, 2.75) is 37.5 Å². The number of methoxy groups -OCH3 is 1. The molecule has 0 saturated heterocycles. The van der Waals surface area contributed by atoms with Gasteiger partial charge in [-0.25, -0.2) is 0 Å². The Balaban J connectivity index is 1.69. The van der Waals surface area contributed by atoms with Crippen LogP contribution in [0.2, 0.25) is 0 Å². The van der Waals surface area contributed by atoms with Crippen LogP contribution in [0.4, 0.5) is 0 Å². The Hall–Kier alpha value is -4.22. The summed E-state index contributed by atoms with van der Waals surface area (Å²) >= 11 is 1.39. The maximum absolute atomic E-state index is 13.1. The molecule has 0 spiro atoms. The van der Waals surface area contributed by atoms with E-state index in [9.17, 15) is 24.3 Å². The van der Waals surface area contributed by atoms with Crippen LogP contribution in [0.1, 0.15) is 16.9 Å². The normalized spacial score (nSPS) is 13.1. The molecule has 1 heterocycles. The van der Waals surface area contributed by atoms with Crippen LogP contribution in [-0.4, -0.2) is 54.0 Å². The fourth-order valence-corrected chi connectivity index (χ4v) is 4.47. The highest BCUT2D eigenvalue weighted by molar-refractivity contribution is 7.09. The molecule has 0 aliphatic carbocycles. The van der Waals surface area contributed by atoms with Crippen LogP contribution in [0.15, 0.2) is 66.0 Å². The SMILES string of the molecule is COc1ccc(-c2ccc(C[C@H](NC(=O)[C@@H](Cc3cccs3)NC(=O)C[C@@H](O)C(N)=O)C(N)=O)cc2)cc1. The van der Waals surface area contributed by atoms with Gasteiger partial charge in [-0.15, -0.1) is 11.3 Å². The van der Waals surface area contributed by atoms with Crippen molar-refractivity contribution in [2.24, 2.45) is 11.5 Å². The molecule has 0 fully saturated rings. The zero-order valence-electron chi connectivity index (χ0n) is 20.8. The van der Waals surface area contributed by atoms with Gasteiger partial charge in [-0.2, -0.15) is 0 Å². The molecule has 3 atom stereocenters.